The molecule has 0 saturated carbocycles. The number of ether oxygens (including phenoxy) is 2. The summed E-state index contributed by atoms with van der Waals surface area (Å²) in [5.41, 5.74) is 0.686. The Labute approximate surface area is 210 Å². The number of aliphatic hydroxyl groups is 1. The van der Waals surface area contributed by atoms with Crippen LogP contribution in [0.25, 0.3) is 16.6 Å². The standard InChI is InChI=1S/C26H32N6O4/c1-24(2,3)36-23(33)30-26(6)14-31(15-26)21-8-7-17(11-28-21)20-9-19(35-16-25(4,5)34)13-32-22(20)18(10-27)12-29-32/h7-9,11-13,34H,14-16H2,1-6H3,(H,30,33). The van der Waals surface area contributed by atoms with Crippen LogP contribution in [-0.2, 0) is 4.74 Å². The van der Waals surface area contributed by atoms with Crippen molar-refractivity contribution < 1.29 is 19.4 Å². The largest absolute Gasteiger partial charge is 0.489 e. The van der Waals surface area contributed by atoms with E-state index in [2.05, 4.69) is 26.4 Å². The van der Waals surface area contributed by atoms with Crippen LogP contribution in [0, 0.1) is 11.3 Å². The monoisotopic (exact) mass is 492 g/mol. The van der Waals surface area contributed by atoms with Crippen molar-refractivity contribution in [1.29, 1.82) is 5.26 Å². The second-order valence-electron chi connectivity index (χ2n) is 11.1. The molecule has 3 aromatic rings. The minimum Gasteiger partial charge on any atom is -0.489 e. The number of nitrogens with one attached hydrogen (secondary N) is 1. The van der Waals surface area contributed by atoms with Gasteiger partial charge in [0, 0.05) is 30.4 Å². The first-order valence-electron chi connectivity index (χ1n) is 11.7. The predicted octanol–water partition coefficient (Wildman–Crippen LogP) is 3.52. The molecule has 0 spiro atoms. The molecule has 0 unspecified atom stereocenters. The Morgan fingerprint density at radius 3 is 2.56 bits per heavy atom. The third-order valence-corrected chi connectivity index (χ3v) is 5.56. The summed E-state index contributed by atoms with van der Waals surface area (Å²) in [5.74, 6) is 1.30. The SMILES string of the molecule is CC(C)(O)COc1cc(-c2ccc(N3CC(C)(NC(=O)OC(C)(C)C)C3)nc2)c2c(C#N)cnn2c1. The van der Waals surface area contributed by atoms with E-state index in [0.29, 0.717) is 29.9 Å². The molecule has 0 radical (unpaired) electrons. The smallest absolute Gasteiger partial charge is 0.408 e. The van der Waals surface area contributed by atoms with Crippen LogP contribution in [0.5, 0.6) is 5.75 Å². The summed E-state index contributed by atoms with van der Waals surface area (Å²) in [5, 5.41) is 26.8. The number of carbonyl (C=O) groups is 1. The molecule has 1 aliphatic rings. The molecular formula is C26H32N6O4. The molecule has 2 N–H and O–H groups in total. The van der Waals surface area contributed by atoms with E-state index in [-0.39, 0.29) is 6.61 Å². The molecule has 10 heteroatoms. The normalized spacial score (nSPS) is 15.2. The molecule has 0 bridgehead atoms. The highest BCUT2D eigenvalue weighted by atomic mass is 16.6. The number of rotatable bonds is 6. The maximum absolute atomic E-state index is 12.2. The minimum atomic E-state index is -0.996. The lowest BCUT2D eigenvalue weighted by Crippen LogP contribution is -2.69. The molecule has 1 saturated heterocycles. The maximum Gasteiger partial charge on any atom is 0.408 e. The zero-order chi connectivity index (χ0) is 26.3. The van der Waals surface area contributed by atoms with E-state index >= 15 is 0 Å². The second-order valence-corrected chi connectivity index (χ2v) is 11.1. The van der Waals surface area contributed by atoms with Gasteiger partial charge in [0.2, 0.25) is 0 Å². The number of hydrogen-bond acceptors (Lipinski definition) is 8. The number of pyridine rings is 2. The average molecular weight is 493 g/mol. The first kappa shape index (κ1) is 25.3. The highest BCUT2D eigenvalue weighted by Gasteiger charge is 2.41. The molecule has 4 rings (SSSR count). The third kappa shape index (κ3) is 5.69. The van der Waals surface area contributed by atoms with Crippen LogP contribution in [0.4, 0.5) is 10.6 Å². The first-order chi connectivity index (χ1) is 16.8. The summed E-state index contributed by atoms with van der Waals surface area (Å²) >= 11 is 0. The van der Waals surface area contributed by atoms with E-state index in [4.69, 9.17) is 9.47 Å². The molecule has 4 heterocycles. The summed E-state index contributed by atoms with van der Waals surface area (Å²) in [6.45, 7) is 12.1. The quantitative estimate of drug-likeness (QED) is 0.535. The van der Waals surface area contributed by atoms with E-state index in [0.717, 1.165) is 16.9 Å². The zero-order valence-corrected chi connectivity index (χ0v) is 21.5. The summed E-state index contributed by atoms with van der Waals surface area (Å²) in [6, 6.07) is 7.85. The van der Waals surface area contributed by atoms with Gasteiger partial charge in [0.15, 0.2) is 0 Å². The Morgan fingerprint density at radius 2 is 1.97 bits per heavy atom. The van der Waals surface area contributed by atoms with Crippen LogP contribution in [0.15, 0.2) is 36.8 Å². The van der Waals surface area contributed by atoms with Crippen LogP contribution in [0.1, 0.15) is 47.1 Å². The van der Waals surface area contributed by atoms with Crippen molar-refractivity contribution in [3.05, 3.63) is 42.4 Å². The summed E-state index contributed by atoms with van der Waals surface area (Å²) in [7, 11) is 0. The Bertz CT molecular complexity index is 1310. The molecule has 0 aliphatic carbocycles. The summed E-state index contributed by atoms with van der Waals surface area (Å²) < 4.78 is 12.8. The number of hydrogen-bond donors (Lipinski definition) is 2. The Balaban J connectivity index is 1.53. The van der Waals surface area contributed by atoms with Crippen LogP contribution >= 0.6 is 0 Å². The van der Waals surface area contributed by atoms with E-state index in [1.54, 1.807) is 30.8 Å². The Hall–Kier alpha value is -3.84. The maximum atomic E-state index is 12.2. The highest BCUT2D eigenvalue weighted by molar-refractivity contribution is 5.85. The molecule has 0 aromatic carbocycles. The van der Waals surface area contributed by atoms with Gasteiger partial charge in [-0.2, -0.15) is 10.4 Å². The number of amides is 1. The summed E-state index contributed by atoms with van der Waals surface area (Å²) in [6.07, 6.45) is 4.51. The topological polar surface area (TPSA) is 125 Å². The highest BCUT2D eigenvalue weighted by Crippen LogP contribution is 2.33. The molecular weight excluding hydrogens is 460 g/mol. The molecule has 1 fully saturated rings. The number of nitriles is 1. The number of carbonyl (C=O) groups excluding carboxylic acids is 1. The van der Waals surface area contributed by atoms with Crippen molar-refractivity contribution in [2.45, 2.75) is 58.3 Å². The van der Waals surface area contributed by atoms with Crippen molar-refractivity contribution in [2.75, 3.05) is 24.6 Å². The van der Waals surface area contributed by atoms with E-state index in [9.17, 15) is 15.2 Å². The number of fused-ring (bicyclic) bond motifs is 1. The second kappa shape index (κ2) is 8.99. The van der Waals surface area contributed by atoms with Gasteiger partial charge in [0.1, 0.15) is 29.8 Å². The lowest BCUT2D eigenvalue weighted by molar-refractivity contribution is 0.0283. The van der Waals surface area contributed by atoms with E-state index < -0.39 is 22.8 Å². The number of anilines is 1. The van der Waals surface area contributed by atoms with E-state index in [1.165, 1.54) is 6.20 Å². The zero-order valence-electron chi connectivity index (χ0n) is 21.5. The third-order valence-electron chi connectivity index (χ3n) is 5.56. The molecule has 190 valence electrons. The minimum absolute atomic E-state index is 0.104. The Kier molecular flexibility index (Phi) is 6.31. The van der Waals surface area contributed by atoms with Gasteiger partial charge in [-0.1, -0.05) is 0 Å². The predicted molar refractivity (Wildman–Crippen MR) is 135 cm³/mol. The fourth-order valence-electron chi connectivity index (χ4n) is 4.06. The van der Waals surface area contributed by atoms with Gasteiger partial charge in [-0.15, -0.1) is 0 Å². The van der Waals surface area contributed by atoms with Crippen LogP contribution in [0.3, 0.4) is 0 Å². The first-order valence-corrected chi connectivity index (χ1v) is 11.7. The van der Waals surface area contributed by atoms with Gasteiger partial charge in [-0.05, 0) is 59.7 Å². The van der Waals surface area contributed by atoms with Crippen molar-refractivity contribution in [3.8, 4) is 22.9 Å². The van der Waals surface area contributed by atoms with Gasteiger partial charge in [-0.25, -0.2) is 14.3 Å². The van der Waals surface area contributed by atoms with Crippen LogP contribution in [0.2, 0.25) is 0 Å². The number of alkyl carbamates (subject to hydrolysis) is 1. The molecule has 1 amide bonds. The van der Waals surface area contributed by atoms with Gasteiger partial charge in [0.25, 0.3) is 0 Å². The van der Waals surface area contributed by atoms with Crippen molar-refractivity contribution in [1.82, 2.24) is 19.9 Å². The molecule has 36 heavy (non-hydrogen) atoms. The fraction of sp³-hybridized carbons (Fsp3) is 0.462. The lowest BCUT2D eigenvalue weighted by Gasteiger charge is -2.48. The van der Waals surface area contributed by atoms with Gasteiger partial charge in [0.05, 0.1) is 34.6 Å². The Morgan fingerprint density at radius 1 is 1.25 bits per heavy atom. The average Bonchev–Trinajstić information content (AvgIpc) is 3.17. The van der Waals surface area contributed by atoms with Gasteiger partial charge in [-0.3, -0.25) is 0 Å². The van der Waals surface area contributed by atoms with Crippen molar-refractivity contribution in [3.63, 3.8) is 0 Å². The molecule has 1 aliphatic heterocycles. The van der Waals surface area contributed by atoms with Gasteiger partial charge < -0.3 is 24.8 Å². The van der Waals surface area contributed by atoms with E-state index in [1.807, 2.05) is 45.9 Å². The van der Waals surface area contributed by atoms with Crippen LogP contribution < -0.4 is 15.0 Å². The fourth-order valence-corrected chi connectivity index (χ4v) is 4.06. The number of nitrogens with zero attached hydrogens (tertiary/aromatic N) is 5. The lowest BCUT2D eigenvalue weighted by atomic mass is 9.92. The summed E-state index contributed by atoms with van der Waals surface area (Å²) in [4.78, 5) is 18.9. The van der Waals surface area contributed by atoms with Crippen LogP contribution in [-0.4, -0.2) is 62.2 Å². The van der Waals surface area contributed by atoms with Crippen molar-refractivity contribution >= 4 is 17.4 Å². The molecule has 0 atom stereocenters. The number of aromatic nitrogens is 3. The van der Waals surface area contributed by atoms with Crippen molar-refractivity contribution in [2.24, 2.45) is 0 Å². The molecule has 3 aromatic heterocycles. The molecule has 10 nitrogen and oxygen atoms in total. The van der Waals surface area contributed by atoms with Gasteiger partial charge >= 0.3 is 6.09 Å².